The molecule has 4 rings (SSSR count). The predicted octanol–water partition coefficient (Wildman–Crippen LogP) is 4.43. The van der Waals surface area contributed by atoms with Gasteiger partial charge in [-0.1, -0.05) is 18.2 Å². The van der Waals surface area contributed by atoms with Gasteiger partial charge in [0.15, 0.2) is 0 Å². The van der Waals surface area contributed by atoms with Crippen LogP contribution >= 0.6 is 11.3 Å². The number of fused-ring (bicyclic) bond motifs is 1. The Kier molecular flexibility index (Phi) is 4.67. The molecule has 0 aliphatic carbocycles. The molecule has 0 atom stereocenters. The summed E-state index contributed by atoms with van der Waals surface area (Å²) in [5, 5.41) is 8.41. The number of amides is 1. The molecule has 0 bridgehead atoms. The average Bonchev–Trinajstić information content (AvgIpc) is 3.29. The molecule has 0 saturated heterocycles. The Labute approximate surface area is 165 Å². The van der Waals surface area contributed by atoms with Gasteiger partial charge >= 0.3 is 5.97 Å². The van der Waals surface area contributed by atoms with Crippen molar-refractivity contribution in [3.8, 4) is 5.69 Å². The van der Waals surface area contributed by atoms with E-state index in [1.54, 1.807) is 24.3 Å². The molecule has 28 heavy (non-hydrogen) atoms. The van der Waals surface area contributed by atoms with Crippen LogP contribution in [0, 0.1) is 6.92 Å². The SMILES string of the molecule is COC(=O)c1ccc(NC(=O)c2cc3c(C)nn(-c4ccccc4)c3s2)cc1. The molecule has 0 fully saturated rings. The first kappa shape index (κ1) is 17.9. The maximum absolute atomic E-state index is 12.7. The van der Waals surface area contributed by atoms with Crippen LogP contribution in [0.15, 0.2) is 60.7 Å². The van der Waals surface area contributed by atoms with Gasteiger partial charge in [0, 0.05) is 11.1 Å². The molecule has 1 amide bonds. The number of anilines is 1. The second kappa shape index (κ2) is 7.28. The van der Waals surface area contributed by atoms with Crippen molar-refractivity contribution in [3.63, 3.8) is 0 Å². The van der Waals surface area contributed by atoms with Crippen LogP contribution in [0.1, 0.15) is 25.7 Å². The molecule has 2 heterocycles. The van der Waals surface area contributed by atoms with Gasteiger partial charge in [-0.3, -0.25) is 4.79 Å². The normalized spacial score (nSPS) is 10.8. The van der Waals surface area contributed by atoms with E-state index >= 15 is 0 Å². The van der Waals surface area contributed by atoms with Crippen LogP contribution in [0.2, 0.25) is 0 Å². The van der Waals surface area contributed by atoms with E-state index in [4.69, 9.17) is 0 Å². The number of thiophene rings is 1. The van der Waals surface area contributed by atoms with Crippen molar-refractivity contribution >= 4 is 39.1 Å². The van der Waals surface area contributed by atoms with Crippen molar-refractivity contribution in [3.05, 3.63) is 76.8 Å². The van der Waals surface area contributed by atoms with Gasteiger partial charge < -0.3 is 10.1 Å². The van der Waals surface area contributed by atoms with E-state index < -0.39 is 5.97 Å². The summed E-state index contributed by atoms with van der Waals surface area (Å²) in [6.45, 7) is 1.93. The summed E-state index contributed by atoms with van der Waals surface area (Å²) in [4.78, 5) is 25.7. The molecule has 0 spiro atoms. The fraction of sp³-hybridized carbons (Fsp3) is 0.0952. The van der Waals surface area contributed by atoms with Crippen molar-refractivity contribution in [2.75, 3.05) is 12.4 Å². The Hall–Kier alpha value is -3.45. The number of rotatable bonds is 4. The zero-order valence-corrected chi connectivity index (χ0v) is 16.1. The van der Waals surface area contributed by atoms with E-state index in [0.717, 1.165) is 21.6 Å². The van der Waals surface area contributed by atoms with Gasteiger partial charge in [0.2, 0.25) is 0 Å². The van der Waals surface area contributed by atoms with E-state index in [0.29, 0.717) is 16.1 Å². The van der Waals surface area contributed by atoms with E-state index in [1.165, 1.54) is 18.4 Å². The van der Waals surface area contributed by atoms with Gasteiger partial charge in [0.05, 0.1) is 28.9 Å². The van der Waals surface area contributed by atoms with Crippen LogP contribution in [-0.2, 0) is 4.74 Å². The van der Waals surface area contributed by atoms with Crippen molar-refractivity contribution in [1.29, 1.82) is 0 Å². The standard InChI is InChI=1S/C21H17N3O3S/c1-13-17-12-18(28-20(17)24(23-13)16-6-4-3-5-7-16)19(25)22-15-10-8-14(9-11-15)21(26)27-2/h3-12H,1-2H3,(H,22,25). The van der Waals surface area contributed by atoms with Gasteiger partial charge in [-0.25, -0.2) is 9.48 Å². The van der Waals surface area contributed by atoms with Crippen molar-refractivity contribution < 1.29 is 14.3 Å². The third-order valence-corrected chi connectivity index (χ3v) is 5.44. The summed E-state index contributed by atoms with van der Waals surface area (Å²) < 4.78 is 6.54. The lowest BCUT2D eigenvalue weighted by Crippen LogP contribution is -2.10. The van der Waals surface area contributed by atoms with Crippen LogP contribution < -0.4 is 5.32 Å². The lowest BCUT2D eigenvalue weighted by Gasteiger charge is -2.05. The van der Waals surface area contributed by atoms with Gasteiger partial charge in [-0.05, 0) is 49.4 Å². The minimum Gasteiger partial charge on any atom is -0.465 e. The van der Waals surface area contributed by atoms with Gasteiger partial charge in [0.25, 0.3) is 5.91 Å². The highest BCUT2D eigenvalue weighted by atomic mass is 32.1. The summed E-state index contributed by atoms with van der Waals surface area (Å²) in [5.74, 6) is -0.616. The molecule has 0 radical (unpaired) electrons. The summed E-state index contributed by atoms with van der Waals surface area (Å²) in [5.41, 5.74) is 2.86. The molecular formula is C21H17N3O3S. The molecule has 0 unspecified atom stereocenters. The van der Waals surface area contributed by atoms with Crippen LogP contribution in [0.5, 0.6) is 0 Å². The highest BCUT2D eigenvalue weighted by Gasteiger charge is 2.17. The summed E-state index contributed by atoms with van der Waals surface area (Å²) in [6.07, 6.45) is 0. The zero-order valence-electron chi connectivity index (χ0n) is 15.3. The zero-order chi connectivity index (χ0) is 19.7. The topological polar surface area (TPSA) is 73.2 Å². The van der Waals surface area contributed by atoms with Gasteiger partial charge in [-0.2, -0.15) is 5.10 Å². The number of ether oxygens (including phenoxy) is 1. The molecular weight excluding hydrogens is 374 g/mol. The maximum atomic E-state index is 12.7. The van der Waals surface area contributed by atoms with Crippen LogP contribution in [0.25, 0.3) is 15.9 Å². The van der Waals surface area contributed by atoms with Crippen molar-refractivity contribution in [2.45, 2.75) is 6.92 Å². The smallest absolute Gasteiger partial charge is 0.337 e. The third kappa shape index (κ3) is 3.27. The van der Waals surface area contributed by atoms with Gasteiger partial charge in [-0.15, -0.1) is 11.3 Å². The second-order valence-electron chi connectivity index (χ2n) is 6.19. The minimum atomic E-state index is -0.414. The van der Waals surface area contributed by atoms with Crippen LogP contribution in [0.4, 0.5) is 5.69 Å². The van der Waals surface area contributed by atoms with E-state index in [-0.39, 0.29) is 5.91 Å². The van der Waals surface area contributed by atoms with Crippen LogP contribution in [0.3, 0.4) is 0 Å². The average molecular weight is 391 g/mol. The Morgan fingerprint density at radius 3 is 2.46 bits per heavy atom. The van der Waals surface area contributed by atoms with E-state index in [9.17, 15) is 9.59 Å². The first-order valence-electron chi connectivity index (χ1n) is 8.61. The number of benzene rings is 2. The number of hydrogen-bond donors (Lipinski definition) is 1. The van der Waals surface area contributed by atoms with Crippen LogP contribution in [-0.4, -0.2) is 28.8 Å². The Bertz CT molecular complexity index is 1160. The number of carbonyl (C=O) groups excluding carboxylic acids is 2. The number of para-hydroxylation sites is 1. The lowest BCUT2D eigenvalue weighted by molar-refractivity contribution is 0.0600. The molecule has 0 aliphatic heterocycles. The number of esters is 1. The molecule has 2 aromatic heterocycles. The van der Waals surface area contributed by atoms with Gasteiger partial charge in [0.1, 0.15) is 4.83 Å². The van der Waals surface area contributed by atoms with E-state index in [2.05, 4.69) is 15.2 Å². The lowest BCUT2D eigenvalue weighted by atomic mass is 10.2. The van der Waals surface area contributed by atoms with Crippen molar-refractivity contribution in [1.82, 2.24) is 9.78 Å². The number of nitrogens with zero attached hydrogens (tertiary/aromatic N) is 2. The number of methoxy groups -OCH3 is 1. The number of nitrogens with one attached hydrogen (secondary N) is 1. The Morgan fingerprint density at radius 2 is 1.79 bits per heavy atom. The molecule has 0 saturated carbocycles. The minimum absolute atomic E-state index is 0.203. The molecule has 0 aliphatic rings. The third-order valence-electron chi connectivity index (χ3n) is 4.33. The predicted molar refractivity (Wildman–Crippen MR) is 109 cm³/mol. The molecule has 4 aromatic rings. The fourth-order valence-electron chi connectivity index (χ4n) is 2.90. The highest BCUT2D eigenvalue weighted by Crippen LogP contribution is 2.30. The molecule has 140 valence electrons. The highest BCUT2D eigenvalue weighted by molar-refractivity contribution is 7.20. The molecule has 2 aromatic carbocycles. The Balaban J connectivity index is 1.61. The molecule has 6 nitrogen and oxygen atoms in total. The number of aryl methyl sites for hydroxylation is 1. The summed E-state index contributed by atoms with van der Waals surface area (Å²) >= 11 is 1.39. The number of aromatic nitrogens is 2. The number of carbonyl (C=O) groups is 2. The summed E-state index contributed by atoms with van der Waals surface area (Å²) in [7, 11) is 1.33. The number of hydrogen-bond acceptors (Lipinski definition) is 5. The first-order valence-corrected chi connectivity index (χ1v) is 9.43. The summed E-state index contributed by atoms with van der Waals surface area (Å²) in [6, 6.07) is 18.3. The first-order chi connectivity index (χ1) is 13.6. The van der Waals surface area contributed by atoms with E-state index in [1.807, 2.05) is 48.0 Å². The van der Waals surface area contributed by atoms with Crippen molar-refractivity contribution in [2.24, 2.45) is 0 Å². The second-order valence-corrected chi connectivity index (χ2v) is 7.22. The molecule has 7 heteroatoms. The largest absolute Gasteiger partial charge is 0.465 e. The maximum Gasteiger partial charge on any atom is 0.337 e. The molecule has 1 N–H and O–H groups in total. The Morgan fingerprint density at radius 1 is 1.07 bits per heavy atom. The quantitative estimate of drug-likeness (QED) is 0.522. The monoisotopic (exact) mass is 391 g/mol. The fourth-order valence-corrected chi connectivity index (χ4v) is 3.98.